The molecule has 1 N–H and O–H groups in total. The first kappa shape index (κ1) is 23.5. The number of nitrogens with one attached hydrogen (secondary N) is 1. The van der Waals surface area contributed by atoms with E-state index in [1.165, 1.54) is 0 Å². The number of pyridine rings is 2. The smallest absolute Gasteiger partial charge is 0.354 e. The first-order valence-electron chi connectivity index (χ1n) is 11.5. The van der Waals surface area contributed by atoms with Crippen LogP contribution in [0.3, 0.4) is 0 Å². The lowest BCUT2D eigenvalue weighted by molar-refractivity contribution is -0.138. The molecule has 3 aliphatic rings. The molecule has 1 amide bonds. The number of carbonyl (C=O) groups is 1. The number of hydrogen-bond acceptors (Lipinski definition) is 7. The van der Waals surface area contributed by atoms with Crippen molar-refractivity contribution >= 4 is 23.4 Å². The van der Waals surface area contributed by atoms with E-state index in [1.54, 1.807) is 28.2 Å². The molecule has 8 nitrogen and oxygen atoms in total. The van der Waals surface area contributed by atoms with Gasteiger partial charge in [-0.25, -0.2) is 24.8 Å². The van der Waals surface area contributed by atoms with E-state index in [0.29, 0.717) is 56.2 Å². The molecule has 2 aromatic heterocycles. The van der Waals surface area contributed by atoms with Gasteiger partial charge in [-0.3, -0.25) is 9.79 Å². The van der Waals surface area contributed by atoms with Gasteiger partial charge in [-0.15, -0.1) is 0 Å². The normalized spacial score (nSPS) is 19.2. The van der Waals surface area contributed by atoms with Crippen LogP contribution in [0.2, 0.25) is 0 Å². The summed E-state index contributed by atoms with van der Waals surface area (Å²) in [6.07, 6.45) is 0.588. The lowest BCUT2D eigenvalue weighted by Crippen LogP contribution is -2.49. The summed E-state index contributed by atoms with van der Waals surface area (Å²) in [5.74, 6) is 0.269. The van der Waals surface area contributed by atoms with Gasteiger partial charge in [0.1, 0.15) is 18.3 Å². The van der Waals surface area contributed by atoms with Crippen molar-refractivity contribution in [3.8, 4) is 0 Å². The van der Waals surface area contributed by atoms with Crippen molar-refractivity contribution in [3.05, 3.63) is 47.5 Å². The highest BCUT2D eigenvalue weighted by molar-refractivity contribution is 5.97. The number of amidine groups is 1. The summed E-state index contributed by atoms with van der Waals surface area (Å²) in [5.41, 5.74) is 2.47. The van der Waals surface area contributed by atoms with Crippen LogP contribution in [0.4, 0.5) is 29.2 Å². The predicted molar refractivity (Wildman–Crippen MR) is 121 cm³/mol. The Morgan fingerprint density at radius 3 is 2.34 bits per heavy atom. The molecule has 35 heavy (non-hydrogen) atoms. The third-order valence-corrected chi connectivity index (χ3v) is 6.57. The van der Waals surface area contributed by atoms with Gasteiger partial charge < -0.3 is 9.80 Å². The summed E-state index contributed by atoms with van der Waals surface area (Å²) in [6.45, 7) is 3.14. The van der Waals surface area contributed by atoms with Gasteiger partial charge in [-0.05, 0) is 50.8 Å². The highest BCUT2D eigenvalue weighted by Crippen LogP contribution is 2.35. The van der Waals surface area contributed by atoms with Gasteiger partial charge in [0.25, 0.3) is 5.91 Å². The number of alkyl halides is 3. The molecule has 1 saturated carbocycles. The molecular formula is C23H25F4N7O. The average Bonchev–Trinajstić information content (AvgIpc) is 3.58. The standard InChI is InChI=1S/C23H25F4N7O/c1-14-30-13-31-34(14)20-5-2-15(11-28-20)22(35)33(17-3-4-17)18-6-8-32(9-7-18)21-19(24)10-16(12-29-21)23(25,26)27/h2,5,10-12,17-18,31H,3-4,6-9,13H2,1H3. The molecule has 2 aromatic rings. The molecule has 0 unspecified atom stereocenters. The Morgan fingerprint density at radius 2 is 1.80 bits per heavy atom. The van der Waals surface area contributed by atoms with Gasteiger partial charge in [-0.2, -0.15) is 13.2 Å². The fourth-order valence-electron chi connectivity index (χ4n) is 4.60. The molecule has 186 valence electrons. The second-order valence-corrected chi connectivity index (χ2v) is 8.95. The number of anilines is 2. The van der Waals surface area contributed by atoms with E-state index < -0.39 is 17.6 Å². The fraction of sp³-hybridized carbons (Fsp3) is 0.478. The number of amides is 1. The van der Waals surface area contributed by atoms with Gasteiger partial charge in [0, 0.05) is 37.6 Å². The molecule has 0 radical (unpaired) electrons. The predicted octanol–water partition coefficient (Wildman–Crippen LogP) is 3.61. The first-order valence-corrected chi connectivity index (χ1v) is 11.5. The van der Waals surface area contributed by atoms with Crippen LogP contribution in [0.1, 0.15) is 48.5 Å². The van der Waals surface area contributed by atoms with Crippen LogP contribution in [0.5, 0.6) is 0 Å². The van der Waals surface area contributed by atoms with Crippen LogP contribution >= 0.6 is 0 Å². The van der Waals surface area contributed by atoms with E-state index in [4.69, 9.17) is 0 Å². The van der Waals surface area contributed by atoms with Crippen molar-refractivity contribution in [1.82, 2.24) is 20.3 Å². The van der Waals surface area contributed by atoms with E-state index in [2.05, 4.69) is 20.4 Å². The van der Waals surface area contributed by atoms with E-state index in [0.717, 1.165) is 18.7 Å². The van der Waals surface area contributed by atoms with Crippen LogP contribution in [-0.2, 0) is 6.18 Å². The number of hydrogen-bond donors (Lipinski definition) is 1. The van der Waals surface area contributed by atoms with Gasteiger partial charge in [0.05, 0.1) is 11.1 Å². The average molecular weight is 491 g/mol. The lowest BCUT2D eigenvalue weighted by Gasteiger charge is -2.39. The minimum atomic E-state index is -4.64. The maximum atomic E-state index is 14.4. The number of aromatic nitrogens is 2. The largest absolute Gasteiger partial charge is 0.417 e. The summed E-state index contributed by atoms with van der Waals surface area (Å²) < 4.78 is 52.9. The van der Waals surface area contributed by atoms with Crippen LogP contribution in [-0.4, -0.2) is 58.5 Å². The molecule has 1 aliphatic carbocycles. The Bertz CT molecular complexity index is 1130. The van der Waals surface area contributed by atoms with E-state index >= 15 is 0 Å². The van der Waals surface area contributed by atoms with Crippen LogP contribution in [0.15, 0.2) is 35.6 Å². The minimum Gasteiger partial charge on any atom is -0.354 e. The minimum absolute atomic E-state index is 0.0435. The Morgan fingerprint density at radius 1 is 1.09 bits per heavy atom. The van der Waals surface area contributed by atoms with Crippen molar-refractivity contribution < 1.29 is 22.4 Å². The summed E-state index contributed by atoms with van der Waals surface area (Å²) in [7, 11) is 0. The molecule has 0 spiro atoms. The fourth-order valence-corrected chi connectivity index (χ4v) is 4.60. The van der Waals surface area contributed by atoms with Gasteiger partial charge >= 0.3 is 6.18 Å². The zero-order valence-corrected chi connectivity index (χ0v) is 19.1. The van der Waals surface area contributed by atoms with E-state index in [9.17, 15) is 22.4 Å². The number of piperidine rings is 1. The Hall–Kier alpha value is -3.28. The maximum absolute atomic E-state index is 14.4. The molecule has 5 rings (SSSR count). The van der Waals surface area contributed by atoms with Crippen LogP contribution in [0, 0.1) is 5.82 Å². The monoisotopic (exact) mass is 491 g/mol. The first-order chi connectivity index (χ1) is 16.7. The summed E-state index contributed by atoms with van der Waals surface area (Å²) in [5, 5.41) is 1.76. The number of halogens is 4. The zero-order valence-electron chi connectivity index (χ0n) is 19.1. The van der Waals surface area contributed by atoms with Gasteiger partial charge in [0.15, 0.2) is 11.6 Å². The molecule has 0 aromatic carbocycles. The second-order valence-electron chi connectivity index (χ2n) is 8.95. The molecule has 12 heteroatoms. The van der Waals surface area contributed by atoms with Crippen molar-refractivity contribution in [2.24, 2.45) is 4.99 Å². The highest BCUT2D eigenvalue weighted by Gasteiger charge is 2.40. The summed E-state index contributed by atoms with van der Waals surface area (Å²) in [6, 6.07) is 4.13. The van der Waals surface area contributed by atoms with Crippen molar-refractivity contribution in [2.45, 2.75) is 50.9 Å². The molecule has 4 heterocycles. The van der Waals surface area contributed by atoms with Crippen LogP contribution in [0.25, 0.3) is 0 Å². The highest BCUT2D eigenvalue weighted by atomic mass is 19.4. The lowest BCUT2D eigenvalue weighted by atomic mass is 10.0. The van der Waals surface area contributed by atoms with Crippen molar-refractivity contribution in [2.75, 3.05) is 29.7 Å². The van der Waals surface area contributed by atoms with Crippen LogP contribution < -0.4 is 15.3 Å². The molecule has 1 saturated heterocycles. The number of rotatable bonds is 5. The van der Waals surface area contributed by atoms with Gasteiger partial charge in [0.2, 0.25) is 0 Å². The summed E-state index contributed by atoms with van der Waals surface area (Å²) >= 11 is 0. The van der Waals surface area contributed by atoms with Crippen molar-refractivity contribution in [1.29, 1.82) is 0 Å². The second kappa shape index (κ2) is 9.06. The SMILES string of the molecule is CC1=NCNN1c1ccc(C(=O)N(C2CC2)C2CCN(c3ncc(C(F)(F)F)cc3F)CC2)cn1. The number of aliphatic imine (C=N–C) groups is 1. The third kappa shape index (κ3) is 4.79. The summed E-state index contributed by atoms with van der Waals surface area (Å²) in [4.78, 5) is 29.4. The third-order valence-electron chi connectivity index (χ3n) is 6.57. The molecule has 2 fully saturated rings. The quantitative estimate of drug-likeness (QED) is 0.644. The molecule has 0 bridgehead atoms. The Kier molecular flexibility index (Phi) is 6.07. The number of hydrazine groups is 1. The van der Waals surface area contributed by atoms with Crippen molar-refractivity contribution in [3.63, 3.8) is 0 Å². The zero-order chi connectivity index (χ0) is 24.7. The van der Waals surface area contributed by atoms with Gasteiger partial charge in [-0.1, -0.05) is 0 Å². The van der Waals surface area contributed by atoms with E-state index in [1.807, 2.05) is 11.8 Å². The maximum Gasteiger partial charge on any atom is 0.417 e. The topological polar surface area (TPSA) is 77.0 Å². The number of nitrogens with zero attached hydrogens (tertiary/aromatic N) is 6. The molecular weight excluding hydrogens is 466 g/mol. The Labute approximate surface area is 199 Å². The molecule has 0 atom stereocenters. The van der Waals surface area contributed by atoms with E-state index in [-0.39, 0.29) is 23.8 Å². The molecule has 2 aliphatic heterocycles. The Balaban J connectivity index is 1.26. The number of carbonyl (C=O) groups excluding carboxylic acids is 1.